The molecule has 2 N–H and O–H groups in total. The summed E-state index contributed by atoms with van der Waals surface area (Å²) in [6.07, 6.45) is 0. The van der Waals surface area contributed by atoms with Gasteiger partial charge in [0.15, 0.2) is 5.37 Å². The van der Waals surface area contributed by atoms with Crippen LogP contribution in [0.1, 0.15) is 0 Å². The Morgan fingerprint density at radius 3 is 2.92 bits per heavy atom. The first-order chi connectivity index (χ1) is 6.20. The van der Waals surface area contributed by atoms with Crippen LogP contribution in [-0.2, 0) is 14.3 Å². The van der Waals surface area contributed by atoms with Gasteiger partial charge in [-0.2, -0.15) is 0 Å². The third-order valence-corrected chi connectivity index (χ3v) is 2.97. The number of nitrogens with zero attached hydrogens (tertiary/aromatic N) is 1. The summed E-state index contributed by atoms with van der Waals surface area (Å²) < 4.78 is 4.56. The second-order valence-electron chi connectivity index (χ2n) is 2.54. The Balaban J connectivity index is 2.63. The van der Waals surface area contributed by atoms with Crippen LogP contribution in [0.4, 0.5) is 0 Å². The smallest absolute Gasteiger partial charge is 0.339 e. The predicted molar refractivity (Wildman–Crippen MR) is 49.0 cm³/mol. The molecule has 1 heterocycles. The summed E-state index contributed by atoms with van der Waals surface area (Å²) in [6, 6.07) is 0. The van der Waals surface area contributed by atoms with Crippen molar-refractivity contribution in [2.24, 2.45) is 5.73 Å². The number of hydrogen-bond donors (Lipinski definition) is 1. The molecule has 1 amide bonds. The van der Waals surface area contributed by atoms with Gasteiger partial charge in [0.1, 0.15) is 0 Å². The highest BCUT2D eigenvalue weighted by atomic mass is 32.2. The first-order valence-corrected chi connectivity index (χ1v) is 4.94. The first kappa shape index (κ1) is 10.3. The van der Waals surface area contributed by atoms with E-state index in [2.05, 4.69) is 4.74 Å². The minimum atomic E-state index is -0.499. The fraction of sp³-hybridized carbons (Fsp3) is 0.714. The number of thioether (sulfide) groups is 1. The monoisotopic (exact) mass is 204 g/mol. The SMILES string of the molecule is COC(=O)C1SCCN1C(=O)CN. The molecule has 13 heavy (non-hydrogen) atoms. The molecule has 6 heteroatoms. The van der Waals surface area contributed by atoms with E-state index < -0.39 is 5.37 Å². The van der Waals surface area contributed by atoms with Gasteiger partial charge < -0.3 is 15.4 Å². The maximum atomic E-state index is 11.2. The van der Waals surface area contributed by atoms with Crippen molar-refractivity contribution in [2.75, 3.05) is 26.0 Å². The van der Waals surface area contributed by atoms with Crippen molar-refractivity contribution >= 4 is 23.6 Å². The maximum absolute atomic E-state index is 11.2. The Bertz CT molecular complexity index is 200. The van der Waals surface area contributed by atoms with Gasteiger partial charge >= 0.3 is 5.97 Å². The zero-order valence-corrected chi connectivity index (χ0v) is 8.17. The van der Waals surface area contributed by atoms with Gasteiger partial charge in [-0.15, -0.1) is 11.8 Å². The lowest BCUT2D eigenvalue weighted by Gasteiger charge is -2.20. The molecule has 0 saturated carbocycles. The number of carbonyl (C=O) groups is 2. The maximum Gasteiger partial charge on any atom is 0.339 e. The number of methoxy groups -OCH3 is 1. The Kier molecular flexibility index (Phi) is 3.56. The molecule has 1 unspecified atom stereocenters. The quantitative estimate of drug-likeness (QED) is 0.585. The molecule has 1 aliphatic heterocycles. The van der Waals surface area contributed by atoms with Crippen LogP contribution < -0.4 is 5.73 Å². The van der Waals surface area contributed by atoms with E-state index in [9.17, 15) is 9.59 Å². The molecule has 0 aromatic rings. The standard InChI is InChI=1S/C7H12N2O3S/c1-12-7(11)6-9(2-3-13-6)5(10)4-8/h6H,2-4,8H2,1H3. The van der Waals surface area contributed by atoms with Gasteiger partial charge in [-0.1, -0.05) is 0 Å². The van der Waals surface area contributed by atoms with Gasteiger partial charge in [-0.3, -0.25) is 4.79 Å². The van der Waals surface area contributed by atoms with Crippen molar-refractivity contribution < 1.29 is 14.3 Å². The summed E-state index contributed by atoms with van der Waals surface area (Å²) >= 11 is 1.40. The molecule has 0 spiro atoms. The zero-order chi connectivity index (χ0) is 9.84. The van der Waals surface area contributed by atoms with E-state index in [1.165, 1.54) is 23.8 Å². The highest BCUT2D eigenvalue weighted by Gasteiger charge is 2.34. The van der Waals surface area contributed by atoms with Crippen molar-refractivity contribution in [3.63, 3.8) is 0 Å². The van der Waals surface area contributed by atoms with Crippen LogP contribution in [0.3, 0.4) is 0 Å². The van der Waals surface area contributed by atoms with Crippen LogP contribution in [0.2, 0.25) is 0 Å². The van der Waals surface area contributed by atoms with E-state index >= 15 is 0 Å². The number of rotatable bonds is 2. The van der Waals surface area contributed by atoms with E-state index in [0.717, 1.165) is 5.75 Å². The van der Waals surface area contributed by atoms with Crippen LogP contribution in [-0.4, -0.2) is 48.1 Å². The number of carbonyl (C=O) groups excluding carboxylic acids is 2. The molecule has 0 aliphatic carbocycles. The Morgan fingerprint density at radius 1 is 1.69 bits per heavy atom. The zero-order valence-electron chi connectivity index (χ0n) is 7.36. The largest absolute Gasteiger partial charge is 0.467 e. The van der Waals surface area contributed by atoms with Crippen LogP contribution in [0, 0.1) is 0 Å². The Labute approximate surface area is 80.6 Å². The third-order valence-electron chi connectivity index (χ3n) is 1.79. The van der Waals surface area contributed by atoms with E-state index in [-0.39, 0.29) is 18.4 Å². The van der Waals surface area contributed by atoms with Gasteiger partial charge in [0.2, 0.25) is 5.91 Å². The van der Waals surface area contributed by atoms with Gasteiger partial charge in [0, 0.05) is 12.3 Å². The summed E-state index contributed by atoms with van der Waals surface area (Å²) in [5, 5.41) is -0.499. The number of ether oxygens (including phenoxy) is 1. The Hall–Kier alpha value is -0.750. The topological polar surface area (TPSA) is 72.6 Å². The average molecular weight is 204 g/mol. The lowest BCUT2D eigenvalue weighted by atomic mass is 10.4. The second kappa shape index (κ2) is 4.48. The minimum Gasteiger partial charge on any atom is -0.467 e. The summed E-state index contributed by atoms with van der Waals surface area (Å²) in [6.45, 7) is 0.508. The van der Waals surface area contributed by atoms with Crippen molar-refractivity contribution in [1.82, 2.24) is 4.90 Å². The molecule has 1 atom stereocenters. The van der Waals surface area contributed by atoms with Crippen molar-refractivity contribution in [1.29, 1.82) is 0 Å². The molecular formula is C7H12N2O3S. The summed E-state index contributed by atoms with van der Waals surface area (Å²) in [7, 11) is 1.31. The summed E-state index contributed by atoms with van der Waals surface area (Å²) in [5.41, 5.74) is 5.20. The molecule has 1 saturated heterocycles. The normalized spacial score (nSPS) is 21.7. The lowest BCUT2D eigenvalue weighted by molar-refractivity contribution is -0.147. The fourth-order valence-electron chi connectivity index (χ4n) is 1.14. The number of hydrogen-bond acceptors (Lipinski definition) is 5. The van der Waals surface area contributed by atoms with Gasteiger partial charge in [-0.25, -0.2) is 4.79 Å². The van der Waals surface area contributed by atoms with Crippen LogP contribution in [0.5, 0.6) is 0 Å². The average Bonchev–Trinajstić information content (AvgIpc) is 2.63. The van der Waals surface area contributed by atoms with Crippen molar-refractivity contribution in [3.8, 4) is 0 Å². The van der Waals surface area contributed by atoms with E-state index in [1.54, 1.807) is 0 Å². The molecule has 0 radical (unpaired) electrons. The number of nitrogens with two attached hydrogens (primary N) is 1. The molecule has 0 aromatic carbocycles. The molecule has 5 nitrogen and oxygen atoms in total. The lowest BCUT2D eigenvalue weighted by Crippen LogP contribution is -2.42. The molecule has 74 valence electrons. The molecule has 1 rings (SSSR count). The second-order valence-corrected chi connectivity index (χ2v) is 3.73. The van der Waals surface area contributed by atoms with E-state index in [1.807, 2.05) is 0 Å². The number of amides is 1. The molecule has 1 aliphatic rings. The van der Waals surface area contributed by atoms with Crippen molar-refractivity contribution in [3.05, 3.63) is 0 Å². The van der Waals surface area contributed by atoms with Crippen molar-refractivity contribution in [2.45, 2.75) is 5.37 Å². The van der Waals surface area contributed by atoms with Crippen LogP contribution in [0.25, 0.3) is 0 Å². The molecule has 0 bridgehead atoms. The molecule has 0 aromatic heterocycles. The number of esters is 1. The summed E-state index contributed by atoms with van der Waals surface area (Å²) in [4.78, 5) is 23.8. The van der Waals surface area contributed by atoms with Crippen LogP contribution in [0.15, 0.2) is 0 Å². The first-order valence-electron chi connectivity index (χ1n) is 3.89. The van der Waals surface area contributed by atoms with Gasteiger partial charge in [-0.05, 0) is 0 Å². The summed E-state index contributed by atoms with van der Waals surface area (Å²) in [5.74, 6) is 0.163. The minimum absolute atomic E-state index is 0.0615. The predicted octanol–water partition coefficient (Wildman–Crippen LogP) is -0.980. The fourth-order valence-corrected chi connectivity index (χ4v) is 2.30. The van der Waals surface area contributed by atoms with Crippen LogP contribution >= 0.6 is 11.8 Å². The molecule has 1 fully saturated rings. The molecular weight excluding hydrogens is 192 g/mol. The Morgan fingerprint density at radius 2 is 2.38 bits per heavy atom. The van der Waals surface area contributed by atoms with Gasteiger partial charge in [0.05, 0.1) is 13.7 Å². The highest BCUT2D eigenvalue weighted by Crippen LogP contribution is 2.24. The van der Waals surface area contributed by atoms with E-state index in [0.29, 0.717) is 6.54 Å². The highest BCUT2D eigenvalue weighted by molar-refractivity contribution is 8.00. The van der Waals surface area contributed by atoms with Gasteiger partial charge in [0.25, 0.3) is 0 Å². The van der Waals surface area contributed by atoms with E-state index in [4.69, 9.17) is 5.73 Å². The third kappa shape index (κ3) is 2.13.